The van der Waals surface area contributed by atoms with Crippen molar-refractivity contribution in [3.63, 3.8) is 0 Å². The van der Waals surface area contributed by atoms with Gasteiger partial charge in [0.05, 0.1) is 44.8 Å². The van der Waals surface area contributed by atoms with E-state index in [1.807, 2.05) is 48.7 Å². The number of anilines is 3. The molecule has 152 valence electrons. The highest BCUT2D eigenvalue weighted by Gasteiger charge is 2.12. The average molecular weight is 413 g/mol. The van der Waals surface area contributed by atoms with Crippen molar-refractivity contribution >= 4 is 33.8 Å². The zero-order valence-corrected chi connectivity index (χ0v) is 17.6. The Hall–Kier alpha value is -3.26. The lowest BCUT2D eigenvalue weighted by molar-refractivity contribution is -0.115. The number of carbonyl (C=O) groups excluding carboxylic acids is 1. The summed E-state index contributed by atoms with van der Waals surface area (Å²) in [6.07, 6.45) is 0.157. The highest BCUT2D eigenvalue weighted by Crippen LogP contribution is 2.32. The summed E-state index contributed by atoms with van der Waals surface area (Å²) >= 11 is 1.41. The van der Waals surface area contributed by atoms with Gasteiger partial charge in [-0.05, 0) is 36.8 Å². The molecule has 29 heavy (non-hydrogen) atoms. The van der Waals surface area contributed by atoms with E-state index in [1.54, 1.807) is 21.3 Å². The summed E-state index contributed by atoms with van der Waals surface area (Å²) in [6.45, 7) is 1.96. The third kappa shape index (κ3) is 5.17. The lowest BCUT2D eigenvalue weighted by atomic mass is 10.2. The van der Waals surface area contributed by atoms with Crippen molar-refractivity contribution in [2.45, 2.75) is 13.3 Å². The van der Waals surface area contributed by atoms with Gasteiger partial charge in [0.25, 0.3) is 0 Å². The van der Waals surface area contributed by atoms with Crippen LogP contribution in [0.4, 0.5) is 16.5 Å². The second kappa shape index (κ2) is 9.29. The number of thiazole rings is 1. The summed E-state index contributed by atoms with van der Waals surface area (Å²) in [5.74, 6) is 1.84. The molecule has 1 amide bonds. The van der Waals surface area contributed by atoms with E-state index in [9.17, 15) is 4.79 Å². The van der Waals surface area contributed by atoms with Gasteiger partial charge in [-0.3, -0.25) is 4.79 Å². The number of amides is 1. The molecule has 3 aromatic rings. The van der Waals surface area contributed by atoms with Crippen molar-refractivity contribution in [3.05, 3.63) is 53.0 Å². The maximum atomic E-state index is 12.5. The molecule has 2 aromatic carbocycles. The van der Waals surface area contributed by atoms with Crippen molar-refractivity contribution in [2.75, 3.05) is 32.0 Å². The molecule has 0 saturated carbocycles. The molecule has 0 bridgehead atoms. The molecule has 0 aliphatic rings. The number of nitrogens with one attached hydrogen (secondary N) is 2. The number of hydrogen-bond acceptors (Lipinski definition) is 7. The van der Waals surface area contributed by atoms with Gasteiger partial charge in [-0.1, -0.05) is 6.07 Å². The largest absolute Gasteiger partial charge is 0.497 e. The summed E-state index contributed by atoms with van der Waals surface area (Å²) < 4.78 is 15.9. The van der Waals surface area contributed by atoms with Gasteiger partial charge in [0, 0.05) is 11.4 Å². The molecule has 7 nitrogen and oxygen atoms in total. The quantitative estimate of drug-likeness (QED) is 0.570. The molecule has 0 spiro atoms. The first-order valence-corrected chi connectivity index (χ1v) is 9.78. The highest BCUT2D eigenvalue weighted by atomic mass is 32.1. The molecular weight excluding hydrogens is 390 g/mol. The number of hydrogen-bond donors (Lipinski definition) is 2. The Labute approximate surface area is 173 Å². The Balaban J connectivity index is 1.68. The van der Waals surface area contributed by atoms with E-state index in [1.165, 1.54) is 11.3 Å². The minimum Gasteiger partial charge on any atom is -0.497 e. The van der Waals surface area contributed by atoms with Gasteiger partial charge in [0.1, 0.15) is 17.2 Å². The second-order valence-electron chi connectivity index (χ2n) is 6.26. The zero-order chi connectivity index (χ0) is 20.8. The van der Waals surface area contributed by atoms with Crippen molar-refractivity contribution in [1.82, 2.24) is 4.98 Å². The second-order valence-corrected chi connectivity index (χ2v) is 7.12. The molecule has 1 aromatic heterocycles. The SMILES string of the molecule is COc1ccc(OC)c(Nc2nc(CC(=O)Nc3cc(C)ccc3OC)cs2)c1. The number of aromatic nitrogens is 1. The van der Waals surface area contributed by atoms with Crippen LogP contribution in [0.5, 0.6) is 17.2 Å². The first-order chi connectivity index (χ1) is 14.0. The monoisotopic (exact) mass is 413 g/mol. The van der Waals surface area contributed by atoms with E-state index in [-0.39, 0.29) is 12.3 Å². The lowest BCUT2D eigenvalue weighted by Gasteiger charge is -2.11. The first kappa shape index (κ1) is 20.5. The molecule has 3 rings (SSSR count). The number of rotatable bonds is 8. The van der Waals surface area contributed by atoms with Crippen LogP contribution in [0.15, 0.2) is 41.8 Å². The van der Waals surface area contributed by atoms with E-state index in [4.69, 9.17) is 14.2 Å². The Kier molecular flexibility index (Phi) is 6.56. The molecule has 0 aliphatic heterocycles. The molecule has 0 saturated heterocycles. The molecule has 0 atom stereocenters. The fourth-order valence-electron chi connectivity index (χ4n) is 2.75. The van der Waals surface area contributed by atoms with Gasteiger partial charge < -0.3 is 24.8 Å². The highest BCUT2D eigenvalue weighted by molar-refractivity contribution is 7.13. The molecule has 0 radical (unpaired) electrons. The molecule has 8 heteroatoms. The van der Waals surface area contributed by atoms with Crippen LogP contribution in [0, 0.1) is 6.92 Å². The van der Waals surface area contributed by atoms with Crippen LogP contribution in [-0.4, -0.2) is 32.2 Å². The normalized spacial score (nSPS) is 10.3. The summed E-state index contributed by atoms with van der Waals surface area (Å²) in [7, 11) is 4.78. The van der Waals surface area contributed by atoms with E-state index < -0.39 is 0 Å². The Morgan fingerprint density at radius 2 is 1.72 bits per heavy atom. The molecule has 0 aliphatic carbocycles. The summed E-state index contributed by atoms with van der Waals surface area (Å²) in [5, 5.41) is 8.61. The van der Waals surface area contributed by atoms with Crippen LogP contribution < -0.4 is 24.8 Å². The van der Waals surface area contributed by atoms with Gasteiger partial charge in [0.2, 0.25) is 5.91 Å². The average Bonchev–Trinajstić information content (AvgIpc) is 3.14. The predicted octanol–water partition coefficient (Wildman–Crippen LogP) is 4.40. The summed E-state index contributed by atoms with van der Waals surface area (Å²) in [6, 6.07) is 11.1. The van der Waals surface area contributed by atoms with Crippen LogP contribution in [-0.2, 0) is 11.2 Å². The number of aryl methyl sites for hydroxylation is 1. The Morgan fingerprint density at radius 1 is 1.00 bits per heavy atom. The van der Waals surface area contributed by atoms with Crippen molar-refractivity contribution in [2.24, 2.45) is 0 Å². The van der Waals surface area contributed by atoms with Gasteiger partial charge in [0.15, 0.2) is 5.13 Å². The number of nitrogens with zero attached hydrogens (tertiary/aromatic N) is 1. The Morgan fingerprint density at radius 3 is 2.45 bits per heavy atom. The third-order valence-corrected chi connectivity index (χ3v) is 4.98. The van der Waals surface area contributed by atoms with Gasteiger partial charge in [-0.15, -0.1) is 11.3 Å². The lowest BCUT2D eigenvalue weighted by Crippen LogP contribution is -2.15. The third-order valence-electron chi connectivity index (χ3n) is 4.17. The van der Waals surface area contributed by atoms with Crippen LogP contribution >= 0.6 is 11.3 Å². The number of ether oxygens (including phenoxy) is 3. The molecular formula is C21H23N3O4S. The first-order valence-electron chi connectivity index (χ1n) is 8.90. The smallest absolute Gasteiger partial charge is 0.230 e. The van der Waals surface area contributed by atoms with Crippen LogP contribution in [0.1, 0.15) is 11.3 Å². The van der Waals surface area contributed by atoms with Crippen LogP contribution in [0.25, 0.3) is 0 Å². The standard InChI is InChI=1S/C21H23N3O4S/c1-13-5-7-18(27-3)16(9-13)23-20(25)10-14-12-29-21(22-14)24-17-11-15(26-2)6-8-19(17)28-4/h5-9,11-12H,10H2,1-4H3,(H,22,24)(H,23,25). The topological polar surface area (TPSA) is 81.7 Å². The number of benzene rings is 2. The van der Waals surface area contributed by atoms with Gasteiger partial charge >= 0.3 is 0 Å². The molecule has 2 N–H and O–H groups in total. The van der Waals surface area contributed by atoms with E-state index >= 15 is 0 Å². The number of methoxy groups -OCH3 is 3. The predicted molar refractivity (Wildman–Crippen MR) is 115 cm³/mol. The molecule has 1 heterocycles. The minimum atomic E-state index is -0.162. The van der Waals surface area contributed by atoms with Crippen molar-refractivity contribution in [1.29, 1.82) is 0 Å². The van der Waals surface area contributed by atoms with Crippen molar-refractivity contribution < 1.29 is 19.0 Å². The van der Waals surface area contributed by atoms with Crippen LogP contribution in [0.3, 0.4) is 0 Å². The van der Waals surface area contributed by atoms with E-state index in [0.29, 0.717) is 33.8 Å². The van der Waals surface area contributed by atoms with Gasteiger partial charge in [-0.2, -0.15) is 0 Å². The minimum absolute atomic E-state index is 0.157. The maximum Gasteiger partial charge on any atom is 0.230 e. The van der Waals surface area contributed by atoms with Gasteiger partial charge in [-0.25, -0.2) is 4.98 Å². The van der Waals surface area contributed by atoms with Crippen LogP contribution in [0.2, 0.25) is 0 Å². The maximum absolute atomic E-state index is 12.5. The fraction of sp³-hybridized carbons (Fsp3) is 0.238. The van der Waals surface area contributed by atoms with E-state index in [0.717, 1.165) is 11.3 Å². The molecule has 0 fully saturated rings. The summed E-state index contributed by atoms with van der Waals surface area (Å²) in [4.78, 5) is 17.0. The van der Waals surface area contributed by atoms with Crippen molar-refractivity contribution in [3.8, 4) is 17.2 Å². The van der Waals surface area contributed by atoms with E-state index in [2.05, 4.69) is 15.6 Å². The fourth-order valence-corrected chi connectivity index (χ4v) is 3.47. The zero-order valence-electron chi connectivity index (χ0n) is 16.7. The Bertz CT molecular complexity index is 1000. The molecule has 0 unspecified atom stereocenters. The summed E-state index contributed by atoms with van der Waals surface area (Å²) in [5.41, 5.74) is 3.09. The number of carbonyl (C=O) groups is 1.